The Morgan fingerprint density at radius 1 is 1.61 bits per heavy atom. The number of epoxide rings is 1. The van der Waals surface area contributed by atoms with Crippen LogP contribution in [-0.2, 0) is 4.74 Å². The summed E-state index contributed by atoms with van der Waals surface area (Å²) >= 11 is 9.31. The highest BCUT2D eigenvalue weighted by Crippen LogP contribution is 2.31. The Morgan fingerprint density at radius 3 is 2.94 bits per heavy atom. The molecule has 1 saturated heterocycles. The van der Waals surface area contributed by atoms with Crippen LogP contribution in [0.2, 0.25) is 5.15 Å². The highest BCUT2D eigenvalue weighted by Gasteiger charge is 2.38. The molecule has 0 bridgehead atoms. The van der Waals surface area contributed by atoms with E-state index in [9.17, 15) is 4.79 Å². The molecule has 4 nitrogen and oxygen atoms in total. The van der Waals surface area contributed by atoms with Crippen LogP contribution >= 0.6 is 27.5 Å². The minimum Gasteiger partial charge on any atom is -0.371 e. The van der Waals surface area contributed by atoms with E-state index in [-0.39, 0.29) is 17.2 Å². The van der Waals surface area contributed by atoms with Crippen LogP contribution in [0.5, 0.6) is 0 Å². The van der Waals surface area contributed by atoms with Crippen molar-refractivity contribution in [2.24, 2.45) is 0 Å². The van der Waals surface area contributed by atoms with Crippen molar-refractivity contribution in [3.05, 3.63) is 27.5 Å². The van der Waals surface area contributed by atoms with Gasteiger partial charge in [-0.3, -0.25) is 4.79 Å². The van der Waals surface area contributed by atoms with E-state index >= 15 is 0 Å². The SMILES string of the molecule is O=C(c1cc(Br)cnc1Cl)N(CC1CO1)C1CC1. The summed E-state index contributed by atoms with van der Waals surface area (Å²) in [5, 5.41) is 0.255. The van der Waals surface area contributed by atoms with E-state index in [4.69, 9.17) is 16.3 Å². The summed E-state index contributed by atoms with van der Waals surface area (Å²) in [6.07, 6.45) is 3.92. The third-order valence-electron chi connectivity index (χ3n) is 3.09. The third kappa shape index (κ3) is 2.68. The van der Waals surface area contributed by atoms with Gasteiger partial charge in [-0.25, -0.2) is 4.98 Å². The number of carbonyl (C=O) groups excluding carboxylic acids is 1. The predicted molar refractivity (Wildman–Crippen MR) is 70.7 cm³/mol. The fraction of sp³-hybridized carbons (Fsp3) is 0.500. The van der Waals surface area contributed by atoms with Gasteiger partial charge in [-0.15, -0.1) is 0 Å². The van der Waals surface area contributed by atoms with Gasteiger partial charge in [-0.2, -0.15) is 0 Å². The molecule has 2 aliphatic rings. The van der Waals surface area contributed by atoms with Gasteiger partial charge < -0.3 is 9.64 Å². The molecule has 0 spiro atoms. The molecule has 18 heavy (non-hydrogen) atoms. The van der Waals surface area contributed by atoms with Gasteiger partial charge >= 0.3 is 0 Å². The van der Waals surface area contributed by atoms with Gasteiger partial charge in [0.2, 0.25) is 0 Å². The van der Waals surface area contributed by atoms with Gasteiger partial charge in [-0.05, 0) is 34.8 Å². The summed E-state index contributed by atoms with van der Waals surface area (Å²) in [5.41, 5.74) is 0.457. The summed E-state index contributed by atoms with van der Waals surface area (Å²) in [7, 11) is 0. The molecule has 1 atom stereocenters. The smallest absolute Gasteiger partial charge is 0.257 e. The average Bonchev–Trinajstić information content (AvgIpc) is 3.21. The first-order valence-corrected chi connectivity index (χ1v) is 7.06. The molecule has 2 fully saturated rings. The van der Waals surface area contributed by atoms with Crippen molar-refractivity contribution in [1.82, 2.24) is 9.88 Å². The number of hydrogen-bond acceptors (Lipinski definition) is 3. The monoisotopic (exact) mass is 330 g/mol. The molecule has 1 saturated carbocycles. The zero-order chi connectivity index (χ0) is 12.7. The first kappa shape index (κ1) is 12.4. The van der Waals surface area contributed by atoms with Gasteiger partial charge in [0.25, 0.3) is 5.91 Å². The Morgan fingerprint density at radius 2 is 2.33 bits per heavy atom. The van der Waals surface area contributed by atoms with E-state index in [0.29, 0.717) is 18.2 Å². The lowest BCUT2D eigenvalue weighted by Gasteiger charge is -2.21. The lowest BCUT2D eigenvalue weighted by molar-refractivity contribution is 0.0729. The Labute approximate surface area is 118 Å². The molecular weight excluding hydrogens is 320 g/mol. The zero-order valence-corrected chi connectivity index (χ0v) is 11.9. The molecule has 6 heteroatoms. The minimum absolute atomic E-state index is 0.0493. The summed E-state index contributed by atoms with van der Waals surface area (Å²) in [5.74, 6) is -0.0493. The molecular formula is C12H12BrClN2O2. The minimum atomic E-state index is -0.0493. The maximum absolute atomic E-state index is 12.5. The Kier molecular flexibility index (Phi) is 3.30. The number of hydrogen-bond donors (Lipinski definition) is 0. The maximum Gasteiger partial charge on any atom is 0.257 e. The fourth-order valence-electron chi connectivity index (χ4n) is 1.90. The Balaban J connectivity index is 1.83. The average molecular weight is 332 g/mol. The molecule has 1 aromatic rings. The van der Waals surface area contributed by atoms with Crippen LogP contribution in [-0.4, -0.2) is 41.1 Å². The second-order valence-corrected chi connectivity index (χ2v) is 5.91. The molecule has 1 amide bonds. The summed E-state index contributed by atoms with van der Waals surface area (Å²) in [4.78, 5) is 18.4. The van der Waals surface area contributed by atoms with Gasteiger partial charge in [-0.1, -0.05) is 11.6 Å². The van der Waals surface area contributed by atoms with Crippen molar-refractivity contribution in [2.45, 2.75) is 25.0 Å². The van der Waals surface area contributed by atoms with Crippen LogP contribution in [0.25, 0.3) is 0 Å². The number of halogens is 2. The van der Waals surface area contributed by atoms with Crippen molar-refractivity contribution < 1.29 is 9.53 Å². The highest BCUT2D eigenvalue weighted by molar-refractivity contribution is 9.10. The molecule has 2 heterocycles. The van der Waals surface area contributed by atoms with Crippen molar-refractivity contribution >= 4 is 33.4 Å². The lowest BCUT2D eigenvalue weighted by atomic mass is 10.2. The van der Waals surface area contributed by atoms with Crippen LogP contribution in [0, 0.1) is 0 Å². The molecule has 1 aliphatic carbocycles. The van der Waals surface area contributed by atoms with Gasteiger partial charge in [0.1, 0.15) is 5.15 Å². The first-order valence-electron chi connectivity index (χ1n) is 5.89. The van der Waals surface area contributed by atoms with Crippen LogP contribution in [0.1, 0.15) is 23.2 Å². The van der Waals surface area contributed by atoms with Crippen molar-refractivity contribution in [2.75, 3.05) is 13.2 Å². The number of nitrogens with zero attached hydrogens (tertiary/aromatic N) is 2. The molecule has 1 unspecified atom stereocenters. The van der Waals surface area contributed by atoms with E-state index in [0.717, 1.165) is 23.9 Å². The molecule has 0 aromatic carbocycles. The molecule has 1 aromatic heterocycles. The molecule has 1 aliphatic heterocycles. The topological polar surface area (TPSA) is 45.7 Å². The molecule has 0 N–H and O–H groups in total. The number of carbonyl (C=O) groups is 1. The summed E-state index contributed by atoms with van der Waals surface area (Å²) in [6, 6.07) is 2.07. The number of ether oxygens (including phenoxy) is 1. The second kappa shape index (κ2) is 4.79. The van der Waals surface area contributed by atoms with E-state index in [2.05, 4.69) is 20.9 Å². The quantitative estimate of drug-likeness (QED) is 0.629. The Hall–Kier alpha value is -0.650. The van der Waals surface area contributed by atoms with Gasteiger partial charge in [0.15, 0.2) is 0 Å². The van der Waals surface area contributed by atoms with E-state index in [1.807, 2.05) is 4.90 Å². The standard InChI is InChI=1S/C12H12BrClN2O2/c13-7-3-10(11(14)15-4-7)12(17)16(8-1-2-8)5-9-6-18-9/h3-4,8-9H,1-2,5-6H2. The lowest BCUT2D eigenvalue weighted by Crippen LogP contribution is -2.36. The zero-order valence-electron chi connectivity index (χ0n) is 9.60. The van der Waals surface area contributed by atoms with E-state index in [1.54, 1.807) is 12.3 Å². The van der Waals surface area contributed by atoms with Gasteiger partial charge in [0.05, 0.1) is 18.3 Å². The first-order chi connectivity index (χ1) is 8.65. The largest absolute Gasteiger partial charge is 0.371 e. The van der Waals surface area contributed by atoms with Crippen LogP contribution in [0.3, 0.4) is 0 Å². The second-order valence-electron chi connectivity index (χ2n) is 4.64. The number of rotatable bonds is 4. The van der Waals surface area contributed by atoms with Crippen LogP contribution in [0.15, 0.2) is 16.7 Å². The normalized spacial score (nSPS) is 21.8. The number of aromatic nitrogens is 1. The summed E-state index contributed by atoms with van der Waals surface area (Å²) in [6.45, 7) is 1.41. The highest BCUT2D eigenvalue weighted by atomic mass is 79.9. The van der Waals surface area contributed by atoms with Crippen molar-refractivity contribution in [3.63, 3.8) is 0 Å². The third-order valence-corrected chi connectivity index (χ3v) is 3.82. The number of pyridine rings is 1. The van der Waals surface area contributed by atoms with Gasteiger partial charge in [0, 0.05) is 23.3 Å². The summed E-state index contributed by atoms with van der Waals surface area (Å²) < 4.78 is 5.96. The van der Waals surface area contributed by atoms with Crippen molar-refractivity contribution in [3.8, 4) is 0 Å². The van der Waals surface area contributed by atoms with Crippen LogP contribution < -0.4 is 0 Å². The van der Waals surface area contributed by atoms with Crippen LogP contribution in [0.4, 0.5) is 0 Å². The predicted octanol–water partition coefficient (Wildman–Crippen LogP) is 2.50. The molecule has 96 valence electrons. The number of amides is 1. The van der Waals surface area contributed by atoms with E-state index in [1.165, 1.54) is 0 Å². The molecule has 3 rings (SSSR count). The van der Waals surface area contributed by atoms with Crippen molar-refractivity contribution in [1.29, 1.82) is 0 Å². The molecule has 0 radical (unpaired) electrons. The van der Waals surface area contributed by atoms with E-state index < -0.39 is 0 Å². The fourth-order valence-corrected chi connectivity index (χ4v) is 2.42. The maximum atomic E-state index is 12.5. The Bertz CT molecular complexity index is 489.